The Bertz CT molecular complexity index is 527. The fourth-order valence-electron chi connectivity index (χ4n) is 2.21. The van der Waals surface area contributed by atoms with Crippen LogP contribution in [0, 0.1) is 11.3 Å². The largest absolute Gasteiger partial charge is 0.323 e. The van der Waals surface area contributed by atoms with Gasteiger partial charge in [-0.3, -0.25) is 9.69 Å². The van der Waals surface area contributed by atoms with Crippen molar-refractivity contribution in [3.8, 4) is 6.07 Å². The lowest BCUT2D eigenvalue weighted by Crippen LogP contribution is -2.39. The molecule has 1 unspecified atom stereocenters. The molecule has 1 aliphatic rings. The van der Waals surface area contributed by atoms with Gasteiger partial charge in [-0.15, -0.1) is 0 Å². The molecule has 100 valence electrons. The number of nitrogens with one attached hydrogen (secondary N) is 1. The maximum atomic E-state index is 12.2. The van der Waals surface area contributed by atoms with Crippen LogP contribution < -0.4 is 5.32 Å². The van der Waals surface area contributed by atoms with Gasteiger partial charge in [0, 0.05) is 11.6 Å². The molecule has 2 rings (SSSR count). The van der Waals surface area contributed by atoms with Gasteiger partial charge in [0.05, 0.1) is 29.4 Å². The summed E-state index contributed by atoms with van der Waals surface area (Å²) in [7, 11) is 0. The normalized spacial score (nSPS) is 19.1. The molecule has 1 amide bonds. The molecule has 1 heterocycles. The van der Waals surface area contributed by atoms with E-state index in [2.05, 4.69) is 11.4 Å². The zero-order valence-electron chi connectivity index (χ0n) is 10.2. The second-order valence-corrected chi connectivity index (χ2v) is 5.24. The maximum Gasteiger partial charge on any atom is 0.241 e. The second-order valence-electron chi connectivity index (χ2n) is 4.40. The van der Waals surface area contributed by atoms with Crippen molar-refractivity contribution >= 4 is 34.8 Å². The zero-order valence-corrected chi connectivity index (χ0v) is 11.7. The molecule has 1 atom stereocenters. The molecule has 4 nitrogen and oxygen atoms in total. The fourth-order valence-corrected chi connectivity index (χ4v) is 2.55. The molecule has 0 aliphatic carbocycles. The van der Waals surface area contributed by atoms with Gasteiger partial charge in [0.1, 0.15) is 0 Å². The van der Waals surface area contributed by atoms with Gasteiger partial charge in [-0.2, -0.15) is 5.26 Å². The molecule has 0 saturated carbocycles. The van der Waals surface area contributed by atoms with Crippen LogP contribution in [0.15, 0.2) is 18.2 Å². The summed E-state index contributed by atoms with van der Waals surface area (Å²) in [6.07, 6.45) is 1.68. The van der Waals surface area contributed by atoms with E-state index in [9.17, 15) is 4.79 Å². The minimum atomic E-state index is -0.269. The highest BCUT2D eigenvalue weighted by Crippen LogP contribution is 2.26. The van der Waals surface area contributed by atoms with Crippen molar-refractivity contribution in [2.75, 3.05) is 18.4 Å². The van der Waals surface area contributed by atoms with Crippen molar-refractivity contribution in [2.45, 2.75) is 18.9 Å². The molecule has 19 heavy (non-hydrogen) atoms. The van der Waals surface area contributed by atoms with E-state index < -0.39 is 0 Å². The Morgan fingerprint density at radius 3 is 3.05 bits per heavy atom. The molecule has 1 aromatic rings. The van der Waals surface area contributed by atoms with Gasteiger partial charge < -0.3 is 5.32 Å². The van der Waals surface area contributed by atoms with Gasteiger partial charge in [0.2, 0.25) is 5.91 Å². The van der Waals surface area contributed by atoms with Gasteiger partial charge in [0.15, 0.2) is 0 Å². The summed E-state index contributed by atoms with van der Waals surface area (Å²) in [5.74, 6) is -0.142. The summed E-state index contributed by atoms with van der Waals surface area (Å²) in [5.41, 5.74) is 0.503. The van der Waals surface area contributed by atoms with Gasteiger partial charge in [-0.05, 0) is 31.0 Å². The van der Waals surface area contributed by atoms with Gasteiger partial charge in [-0.1, -0.05) is 23.2 Å². The predicted octanol–water partition coefficient (Wildman–Crippen LogP) is 2.92. The van der Waals surface area contributed by atoms with E-state index in [4.69, 9.17) is 28.5 Å². The van der Waals surface area contributed by atoms with Crippen molar-refractivity contribution in [3.63, 3.8) is 0 Å². The van der Waals surface area contributed by atoms with Crippen LogP contribution in [0.2, 0.25) is 10.0 Å². The average molecular weight is 298 g/mol. The molecule has 0 bridgehead atoms. The summed E-state index contributed by atoms with van der Waals surface area (Å²) < 4.78 is 0. The van der Waals surface area contributed by atoms with Gasteiger partial charge in [0.25, 0.3) is 0 Å². The minimum Gasteiger partial charge on any atom is -0.323 e. The number of likely N-dealkylation sites (tertiary alicyclic amines) is 1. The minimum absolute atomic E-state index is 0.142. The summed E-state index contributed by atoms with van der Waals surface area (Å²) in [6.45, 7) is 1.04. The molecule has 0 radical (unpaired) electrons. The number of carbonyl (C=O) groups is 1. The maximum absolute atomic E-state index is 12.2. The SMILES string of the molecule is N#CCN1CCCC1C(=O)Nc1cc(Cl)ccc1Cl. The topological polar surface area (TPSA) is 56.1 Å². The number of nitrogens with zero attached hydrogens (tertiary/aromatic N) is 2. The Labute approximate surface area is 121 Å². The first-order chi connectivity index (χ1) is 9.11. The summed E-state index contributed by atoms with van der Waals surface area (Å²) >= 11 is 11.9. The third-order valence-corrected chi connectivity index (χ3v) is 3.69. The van der Waals surface area contributed by atoms with E-state index in [1.54, 1.807) is 18.2 Å². The van der Waals surface area contributed by atoms with Crippen LogP contribution in [-0.4, -0.2) is 29.9 Å². The number of hydrogen-bond donors (Lipinski definition) is 1. The van der Waals surface area contributed by atoms with E-state index >= 15 is 0 Å². The summed E-state index contributed by atoms with van der Waals surface area (Å²) in [5, 5.41) is 12.5. The molecule has 1 aliphatic heterocycles. The first-order valence-electron chi connectivity index (χ1n) is 5.98. The van der Waals surface area contributed by atoms with Gasteiger partial charge in [-0.25, -0.2) is 0 Å². The molecular weight excluding hydrogens is 285 g/mol. The smallest absolute Gasteiger partial charge is 0.241 e. The quantitative estimate of drug-likeness (QED) is 0.873. The number of halogens is 2. The van der Waals surface area contributed by atoms with Crippen LogP contribution in [0.1, 0.15) is 12.8 Å². The van der Waals surface area contributed by atoms with Crippen LogP contribution in [0.4, 0.5) is 5.69 Å². The number of anilines is 1. The number of rotatable bonds is 3. The lowest BCUT2D eigenvalue weighted by molar-refractivity contribution is -0.120. The summed E-state index contributed by atoms with van der Waals surface area (Å²) in [4.78, 5) is 14.1. The Morgan fingerprint density at radius 2 is 2.32 bits per heavy atom. The number of benzene rings is 1. The van der Waals surface area contributed by atoms with Gasteiger partial charge >= 0.3 is 0 Å². The highest BCUT2D eigenvalue weighted by atomic mass is 35.5. The predicted molar refractivity (Wildman–Crippen MR) is 75.3 cm³/mol. The summed E-state index contributed by atoms with van der Waals surface area (Å²) in [6, 6.07) is 6.73. The molecule has 1 aromatic carbocycles. The van der Waals surface area contributed by atoms with Crippen molar-refractivity contribution in [1.82, 2.24) is 4.90 Å². The highest BCUT2D eigenvalue weighted by Gasteiger charge is 2.30. The van der Waals surface area contributed by atoms with Crippen LogP contribution in [-0.2, 0) is 4.79 Å². The molecule has 1 N–H and O–H groups in total. The number of amides is 1. The van der Waals surface area contributed by atoms with Crippen LogP contribution in [0.5, 0.6) is 0 Å². The Hall–Kier alpha value is -1.28. The van der Waals surface area contributed by atoms with E-state index in [0.717, 1.165) is 19.4 Å². The first-order valence-corrected chi connectivity index (χ1v) is 6.74. The first kappa shape index (κ1) is 14.1. The highest BCUT2D eigenvalue weighted by molar-refractivity contribution is 6.35. The molecule has 6 heteroatoms. The standard InChI is InChI=1S/C13H13Cl2N3O/c14-9-3-4-10(15)11(8-9)17-13(19)12-2-1-6-18(12)7-5-16/h3-4,8,12H,1-2,6-7H2,(H,17,19). The molecule has 0 aromatic heterocycles. The molecule has 0 spiro atoms. The van der Waals surface area contributed by atoms with Crippen LogP contribution >= 0.6 is 23.2 Å². The van der Waals surface area contributed by atoms with Crippen molar-refractivity contribution < 1.29 is 4.79 Å². The molecule has 1 fully saturated rings. The number of hydrogen-bond acceptors (Lipinski definition) is 3. The Morgan fingerprint density at radius 1 is 1.53 bits per heavy atom. The number of carbonyl (C=O) groups excluding carboxylic acids is 1. The monoisotopic (exact) mass is 297 g/mol. The Balaban J connectivity index is 2.08. The van der Waals surface area contributed by atoms with Crippen LogP contribution in [0.25, 0.3) is 0 Å². The third-order valence-electron chi connectivity index (χ3n) is 3.13. The molecular formula is C13H13Cl2N3O. The fraction of sp³-hybridized carbons (Fsp3) is 0.385. The van der Waals surface area contributed by atoms with Crippen molar-refractivity contribution in [1.29, 1.82) is 5.26 Å². The van der Waals surface area contributed by atoms with E-state index in [-0.39, 0.29) is 18.5 Å². The second kappa shape index (κ2) is 6.25. The van der Waals surface area contributed by atoms with E-state index in [1.807, 2.05) is 4.90 Å². The lowest BCUT2D eigenvalue weighted by atomic mass is 10.2. The zero-order chi connectivity index (χ0) is 13.8. The average Bonchev–Trinajstić information content (AvgIpc) is 2.82. The Kier molecular flexibility index (Phi) is 4.65. The van der Waals surface area contributed by atoms with Crippen LogP contribution in [0.3, 0.4) is 0 Å². The van der Waals surface area contributed by atoms with Crippen molar-refractivity contribution in [2.24, 2.45) is 0 Å². The third kappa shape index (κ3) is 3.38. The number of nitriles is 1. The van der Waals surface area contributed by atoms with E-state index in [0.29, 0.717) is 15.7 Å². The van der Waals surface area contributed by atoms with E-state index in [1.165, 1.54) is 0 Å². The lowest BCUT2D eigenvalue weighted by Gasteiger charge is -2.21. The molecule has 1 saturated heterocycles. The van der Waals surface area contributed by atoms with Crippen molar-refractivity contribution in [3.05, 3.63) is 28.2 Å².